The maximum atomic E-state index is 5.48. The Hall–Kier alpha value is -1.48. The number of alkyl halides is 1. The van der Waals surface area contributed by atoms with Crippen molar-refractivity contribution in [2.45, 2.75) is 25.6 Å². The minimum Gasteiger partial charge on any atom is -0.496 e. The van der Waals surface area contributed by atoms with Crippen LogP contribution in [0.5, 0.6) is 11.5 Å². The van der Waals surface area contributed by atoms with E-state index < -0.39 is 0 Å². The number of rotatable bonds is 5. The number of aryl methyl sites for hydroxylation is 2. The molecule has 1 unspecified atom stereocenters. The van der Waals surface area contributed by atoms with Gasteiger partial charge >= 0.3 is 0 Å². The lowest BCUT2D eigenvalue weighted by molar-refractivity contribution is 0.340. The maximum Gasteiger partial charge on any atom is 0.124 e. The molecule has 0 amide bonds. The summed E-state index contributed by atoms with van der Waals surface area (Å²) in [6.07, 6.45) is 0. The van der Waals surface area contributed by atoms with Crippen molar-refractivity contribution in [3.63, 3.8) is 0 Å². The zero-order chi connectivity index (χ0) is 15.4. The molecule has 0 fully saturated rings. The number of benzene rings is 2. The molecule has 2 rings (SSSR count). The average Bonchev–Trinajstić information content (AvgIpc) is 2.47. The van der Waals surface area contributed by atoms with Crippen molar-refractivity contribution in [1.82, 2.24) is 0 Å². The number of halogens is 1. The van der Waals surface area contributed by atoms with E-state index in [1.54, 1.807) is 7.11 Å². The summed E-state index contributed by atoms with van der Waals surface area (Å²) in [6.45, 7) is 6.83. The lowest BCUT2D eigenvalue weighted by Gasteiger charge is -2.16. The monoisotopic (exact) mass is 348 g/mol. The van der Waals surface area contributed by atoms with E-state index in [2.05, 4.69) is 54.0 Å². The first kappa shape index (κ1) is 15.9. The summed E-state index contributed by atoms with van der Waals surface area (Å²) in [5, 5.41) is 0. The van der Waals surface area contributed by atoms with Crippen molar-refractivity contribution >= 4 is 15.9 Å². The zero-order valence-corrected chi connectivity index (χ0v) is 14.5. The highest BCUT2D eigenvalue weighted by molar-refractivity contribution is 9.09. The first-order valence-corrected chi connectivity index (χ1v) is 8.00. The highest BCUT2D eigenvalue weighted by Gasteiger charge is 2.14. The van der Waals surface area contributed by atoms with E-state index in [9.17, 15) is 0 Å². The SMILES string of the molecule is CCOc1ccc(C(Br)c2cc(C)c(OC)c(C)c2)cc1. The van der Waals surface area contributed by atoms with Crippen LogP contribution in [0.1, 0.15) is 34.0 Å². The van der Waals surface area contributed by atoms with Gasteiger partial charge in [0.15, 0.2) is 0 Å². The van der Waals surface area contributed by atoms with Gasteiger partial charge < -0.3 is 9.47 Å². The predicted octanol–water partition coefficient (Wildman–Crippen LogP) is 5.20. The third kappa shape index (κ3) is 3.59. The Bertz CT molecular complexity index is 582. The Kier molecular flexibility index (Phi) is 5.29. The van der Waals surface area contributed by atoms with Gasteiger partial charge in [-0.15, -0.1) is 0 Å². The van der Waals surface area contributed by atoms with Crippen LogP contribution in [-0.2, 0) is 0 Å². The molecule has 2 aromatic carbocycles. The van der Waals surface area contributed by atoms with Crippen LogP contribution in [0, 0.1) is 13.8 Å². The Labute approximate surface area is 135 Å². The summed E-state index contributed by atoms with van der Waals surface area (Å²) in [5.41, 5.74) is 4.75. The Morgan fingerprint density at radius 3 is 2.05 bits per heavy atom. The standard InChI is InChI=1S/C18H21BrO2/c1-5-21-16-8-6-14(7-9-16)17(19)15-10-12(2)18(20-4)13(3)11-15/h6-11,17H,5H2,1-4H3. The minimum absolute atomic E-state index is 0.163. The molecule has 0 radical (unpaired) electrons. The van der Waals surface area contributed by atoms with Crippen LogP contribution >= 0.6 is 15.9 Å². The van der Waals surface area contributed by atoms with Crippen LogP contribution in [0.15, 0.2) is 36.4 Å². The quantitative estimate of drug-likeness (QED) is 0.691. The number of ether oxygens (including phenoxy) is 2. The van der Waals surface area contributed by atoms with Gasteiger partial charge in [0.1, 0.15) is 11.5 Å². The second-order valence-corrected chi connectivity index (χ2v) is 5.97. The Morgan fingerprint density at radius 2 is 1.57 bits per heavy atom. The van der Waals surface area contributed by atoms with Gasteiger partial charge in [0.25, 0.3) is 0 Å². The maximum absolute atomic E-state index is 5.48. The van der Waals surface area contributed by atoms with Crippen molar-refractivity contribution < 1.29 is 9.47 Å². The summed E-state index contributed by atoms with van der Waals surface area (Å²) in [6, 6.07) is 12.6. The fourth-order valence-electron chi connectivity index (χ4n) is 2.54. The summed E-state index contributed by atoms with van der Waals surface area (Å²) < 4.78 is 10.9. The fourth-order valence-corrected chi connectivity index (χ4v) is 3.11. The molecule has 1 atom stereocenters. The molecule has 21 heavy (non-hydrogen) atoms. The van der Waals surface area contributed by atoms with E-state index in [0.717, 1.165) is 22.6 Å². The molecule has 0 saturated carbocycles. The molecule has 2 nitrogen and oxygen atoms in total. The minimum atomic E-state index is 0.163. The van der Waals surface area contributed by atoms with E-state index in [1.807, 2.05) is 19.1 Å². The molecule has 0 spiro atoms. The van der Waals surface area contributed by atoms with E-state index in [1.165, 1.54) is 11.1 Å². The normalized spacial score (nSPS) is 12.0. The van der Waals surface area contributed by atoms with Gasteiger partial charge in [-0.05, 0) is 55.2 Å². The molecule has 0 saturated heterocycles. The van der Waals surface area contributed by atoms with Crippen LogP contribution in [0.4, 0.5) is 0 Å². The van der Waals surface area contributed by atoms with Gasteiger partial charge in [-0.3, -0.25) is 0 Å². The van der Waals surface area contributed by atoms with Crippen molar-refractivity contribution in [2.24, 2.45) is 0 Å². The molecular formula is C18H21BrO2. The fraction of sp³-hybridized carbons (Fsp3) is 0.333. The van der Waals surface area contributed by atoms with Crippen LogP contribution < -0.4 is 9.47 Å². The van der Waals surface area contributed by atoms with Crippen LogP contribution in [-0.4, -0.2) is 13.7 Å². The summed E-state index contributed by atoms with van der Waals surface area (Å²) in [4.78, 5) is 0.163. The molecule has 0 bridgehead atoms. The lowest BCUT2D eigenvalue weighted by Crippen LogP contribution is -1.98. The number of hydrogen-bond donors (Lipinski definition) is 0. The summed E-state index contributed by atoms with van der Waals surface area (Å²) in [5.74, 6) is 1.87. The zero-order valence-electron chi connectivity index (χ0n) is 12.9. The molecule has 0 aliphatic heterocycles. The molecule has 3 heteroatoms. The van der Waals surface area contributed by atoms with Gasteiger partial charge in [0.2, 0.25) is 0 Å². The largest absolute Gasteiger partial charge is 0.496 e. The molecule has 0 aliphatic rings. The van der Waals surface area contributed by atoms with Crippen LogP contribution in [0.3, 0.4) is 0 Å². The van der Waals surface area contributed by atoms with Crippen molar-refractivity contribution in [3.05, 3.63) is 58.7 Å². The predicted molar refractivity (Wildman–Crippen MR) is 90.8 cm³/mol. The Balaban J connectivity index is 2.29. The summed E-state index contributed by atoms with van der Waals surface area (Å²) >= 11 is 3.79. The van der Waals surface area contributed by atoms with E-state index in [0.29, 0.717) is 6.61 Å². The topological polar surface area (TPSA) is 18.5 Å². The van der Waals surface area contributed by atoms with Gasteiger partial charge in [0.05, 0.1) is 18.5 Å². The van der Waals surface area contributed by atoms with E-state index >= 15 is 0 Å². The van der Waals surface area contributed by atoms with Crippen molar-refractivity contribution in [3.8, 4) is 11.5 Å². The van der Waals surface area contributed by atoms with E-state index in [-0.39, 0.29) is 4.83 Å². The van der Waals surface area contributed by atoms with Gasteiger partial charge in [-0.2, -0.15) is 0 Å². The number of hydrogen-bond acceptors (Lipinski definition) is 2. The second kappa shape index (κ2) is 6.99. The summed E-state index contributed by atoms with van der Waals surface area (Å²) in [7, 11) is 1.72. The number of methoxy groups -OCH3 is 1. The highest BCUT2D eigenvalue weighted by atomic mass is 79.9. The first-order valence-electron chi connectivity index (χ1n) is 7.08. The first-order chi connectivity index (χ1) is 10.1. The van der Waals surface area contributed by atoms with Gasteiger partial charge in [-0.25, -0.2) is 0 Å². The lowest BCUT2D eigenvalue weighted by atomic mass is 9.99. The van der Waals surface area contributed by atoms with Crippen molar-refractivity contribution in [2.75, 3.05) is 13.7 Å². The third-order valence-corrected chi connectivity index (χ3v) is 4.52. The Morgan fingerprint density at radius 1 is 1.00 bits per heavy atom. The average molecular weight is 349 g/mol. The second-order valence-electron chi connectivity index (χ2n) is 5.05. The highest BCUT2D eigenvalue weighted by Crippen LogP contribution is 2.35. The van der Waals surface area contributed by atoms with Crippen molar-refractivity contribution in [1.29, 1.82) is 0 Å². The molecule has 0 aliphatic carbocycles. The van der Waals surface area contributed by atoms with Gasteiger partial charge in [-0.1, -0.05) is 40.2 Å². The molecule has 2 aromatic rings. The van der Waals surface area contributed by atoms with Crippen LogP contribution in [0.25, 0.3) is 0 Å². The molecular weight excluding hydrogens is 328 g/mol. The molecule has 0 aromatic heterocycles. The van der Waals surface area contributed by atoms with Crippen LogP contribution in [0.2, 0.25) is 0 Å². The molecule has 112 valence electrons. The molecule has 0 heterocycles. The van der Waals surface area contributed by atoms with E-state index in [4.69, 9.17) is 9.47 Å². The van der Waals surface area contributed by atoms with Gasteiger partial charge in [0, 0.05) is 0 Å². The third-order valence-electron chi connectivity index (χ3n) is 3.46. The molecule has 0 N–H and O–H groups in total. The smallest absolute Gasteiger partial charge is 0.124 e.